The van der Waals surface area contributed by atoms with Gasteiger partial charge in [0.2, 0.25) is 17.0 Å². The summed E-state index contributed by atoms with van der Waals surface area (Å²) in [5, 5.41) is 0.0619. The minimum Gasteiger partial charge on any atom is -0.436 e. The smallest absolute Gasteiger partial charge is 0.228 e. The molecule has 0 aliphatic carbocycles. The van der Waals surface area contributed by atoms with E-state index in [0.717, 1.165) is 0 Å². The lowest BCUT2D eigenvalue weighted by Gasteiger charge is -2.15. The minimum atomic E-state index is -0.487. The fourth-order valence-electron chi connectivity index (χ4n) is 2.94. The number of benzene rings is 2. The predicted octanol–water partition coefficient (Wildman–Crippen LogP) is 4.27. The summed E-state index contributed by atoms with van der Waals surface area (Å²) < 4.78 is 5.76. The standard InChI is InChI=1S/C18H12Cl2N2O3/c19-13-4-2-1-3-12(13)18-21-14-8-11(5-6-15(14)25-18)22-9-10(17(20)24)7-16(22)23/h1-6,8,10H,7,9H2/t10-/m0/s1. The first-order valence-electron chi connectivity index (χ1n) is 7.68. The van der Waals surface area contributed by atoms with Gasteiger partial charge < -0.3 is 9.32 Å². The van der Waals surface area contributed by atoms with Crippen molar-refractivity contribution < 1.29 is 14.0 Å². The molecule has 7 heteroatoms. The van der Waals surface area contributed by atoms with Crippen LogP contribution in [0.2, 0.25) is 5.02 Å². The molecular formula is C18H12Cl2N2O3. The van der Waals surface area contributed by atoms with Gasteiger partial charge in [-0.25, -0.2) is 4.98 Å². The Morgan fingerprint density at radius 2 is 2.04 bits per heavy atom. The maximum atomic E-state index is 12.2. The number of nitrogens with zero attached hydrogens (tertiary/aromatic N) is 2. The average molecular weight is 375 g/mol. The van der Waals surface area contributed by atoms with Crippen molar-refractivity contribution in [1.29, 1.82) is 0 Å². The van der Waals surface area contributed by atoms with Crippen molar-refractivity contribution in [3.05, 3.63) is 47.5 Å². The molecule has 0 N–H and O–H groups in total. The number of hydrogen-bond donors (Lipinski definition) is 0. The van der Waals surface area contributed by atoms with E-state index >= 15 is 0 Å². The molecule has 0 radical (unpaired) electrons. The SMILES string of the molecule is O=C(Cl)[C@H]1CC(=O)N(c2ccc3oc(-c4ccccc4Cl)nc3c2)C1. The van der Waals surface area contributed by atoms with E-state index in [1.165, 1.54) is 0 Å². The number of carbonyl (C=O) groups is 2. The summed E-state index contributed by atoms with van der Waals surface area (Å²) in [6.45, 7) is 0.280. The highest BCUT2D eigenvalue weighted by Crippen LogP contribution is 2.33. The Kier molecular flexibility index (Phi) is 3.98. The van der Waals surface area contributed by atoms with Gasteiger partial charge in [0.1, 0.15) is 5.52 Å². The first kappa shape index (κ1) is 16.1. The number of rotatable bonds is 3. The van der Waals surface area contributed by atoms with Crippen LogP contribution >= 0.6 is 23.2 Å². The van der Waals surface area contributed by atoms with Crippen molar-refractivity contribution >= 4 is 51.1 Å². The van der Waals surface area contributed by atoms with Crippen LogP contribution in [-0.2, 0) is 9.59 Å². The largest absolute Gasteiger partial charge is 0.436 e. The zero-order valence-electron chi connectivity index (χ0n) is 12.9. The van der Waals surface area contributed by atoms with Gasteiger partial charge in [-0.05, 0) is 41.9 Å². The number of fused-ring (bicyclic) bond motifs is 1. The maximum Gasteiger partial charge on any atom is 0.228 e. The molecule has 4 rings (SSSR count). The Bertz CT molecular complexity index is 999. The Hall–Kier alpha value is -2.37. The molecule has 1 fully saturated rings. The van der Waals surface area contributed by atoms with E-state index in [-0.39, 0.29) is 18.9 Å². The van der Waals surface area contributed by atoms with Gasteiger partial charge in [0.25, 0.3) is 0 Å². The molecule has 1 saturated heterocycles. The van der Waals surface area contributed by atoms with E-state index in [1.54, 1.807) is 29.2 Å². The molecule has 0 saturated carbocycles. The van der Waals surface area contributed by atoms with Crippen LogP contribution in [-0.4, -0.2) is 22.7 Å². The fraction of sp³-hybridized carbons (Fsp3) is 0.167. The molecule has 1 aliphatic rings. The van der Waals surface area contributed by atoms with Crippen molar-refractivity contribution in [2.24, 2.45) is 5.92 Å². The zero-order chi connectivity index (χ0) is 17.6. The summed E-state index contributed by atoms with van der Waals surface area (Å²) in [6.07, 6.45) is 0.129. The fourth-order valence-corrected chi connectivity index (χ4v) is 3.31. The molecular weight excluding hydrogens is 363 g/mol. The van der Waals surface area contributed by atoms with Gasteiger partial charge in [0, 0.05) is 18.7 Å². The number of aromatic nitrogens is 1. The summed E-state index contributed by atoms with van der Waals surface area (Å²) in [7, 11) is 0. The van der Waals surface area contributed by atoms with E-state index < -0.39 is 11.2 Å². The summed E-state index contributed by atoms with van der Waals surface area (Å²) in [5.74, 6) is -0.187. The van der Waals surface area contributed by atoms with Crippen molar-refractivity contribution in [1.82, 2.24) is 4.98 Å². The van der Waals surface area contributed by atoms with Crippen LogP contribution in [0.3, 0.4) is 0 Å². The van der Waals surface area contributed by atoms with Crippen LogP contribution in [0.15, 0.2) is 46.9 Å². The summed E-state index contributed by atoms with van der Waals surface area (Å²) in [5.41, 5.74) is 2.57. The zero-order valence-corrected chi connectivity index (χ0v) is 14.4. The first-order valence-corrected chi connectivity index (χ1v) is 8.44. The highest BCUT2D eigenvalue weighted by Gasteiger charge is 2.34. The van der Waals surface area contributed by atoms with Crippen LogP contribution in [0.25, 0.3) is 22.6 Å². The van der Waals surface area contributed by atoms with Gasteiger partial charge >= 0.3 is 0 Å². The molecule has 25 heavy (non-hydrogen) atoms. The normalized spacial score (nSPS) is 17.4. The van der Waals surface area contributed by atoms with Crippen LogP contribution in [0, 0.1) is 5.92 Å². The molecule has 0 spiro atoms. The number of amides is 1. The summed E-state index contributed by atoms with van der Waals surface area (Å²) in [6, 6.07) is 12.6. The van der Waals surface area contributed by atoms with Crippen LogP contribution in [0.1, 0.15) is 6.42 Å². The van der Waals surface area contributed by atoms with Gasteiger partial charge in [0.05, 0.1) is 16.5 Å². The average Bonchev–Trinajstić information content (AvgIpc) is 3.18. The number of oxazole rings is 1. The Labute approximate surface area is 153 Å². The maximum absolute atomic E-state index is 12.2. The lowest BCUT2D eigenvalue weighted by Crippen LogP contribution is -2.25. The van der Waals surface area contributed by atoms with Gasteiger partial charge in [0.15, 0.2) is 5.58 Å². The Morgan fingerprint density at radius 1 is 1.24 bits per heavy atom. The van der Waals surface area contributed by atoms with Gasteiger partial charge in [-0.2, -0.15) is 0 Å². The van der Waals surface area contributed by atoms with Crippen LogP contribution < -0.4 is 4.90 Å². The van der Waals surface area contributed by atoms with Gasteiger partial charge in [-0.3, -0.25) is 9.59 Å². The second-order valence-electron chi connectivity index (χ2n) is 5.86. The molecule has 0 unspecified atom stereocenters. The lowest BCUT2D eigenvalue weighted by molar-refractivity contribution is -0.120. The van der Waals surface area contributed by atoms with Crippen molar-refractivity contribution in [3.63, 3.8) is 0 Å². The van der Waals surface area contributed by atoms with E-state index in [1.807, 2.05) is 18.2 Å². The third-order valence-electron chi connectivity index (χ3n) is 4.23. The van der Waals surface area contributed by atoms with E-state index in [0.29, 0.717) is 33.3 Å². The highest BCUT2D eigenvalue weighted by atomic mass is 35.5. The molecule has 5 nitrogen and oxygen atoms in total. The number of hydrogen-bond acceptors (Lipinski definition) is 4. The molecule has 1 aliphatic heterocycles. The predicted molar refractivity (Wildman–Crippen MR) is 95.8 cm³/mol. The Morgan fingerprint density at radius 3 is 2.76 bits per heavy atom. The molecule has 1 amide bonds. The van der Waals surface area contributed by atoms with Gasteiger partial charge in [-0.1, -0.05) is 23.7 Å². The molecule has 3 aromatic rings. The lowest BCUT2D eigenvalue weighted by atomic mass is 10.1. The molecule has 1 atom stereocenters. The number of halogens is 2. The van der Waals surface area contributed by atoms with E-state index in [9.17, 15) is 9.59 Å². The quantitative estimate of drug-likeness (QED) is 0.642. The highest BCUT2D eigenvalue weighted by molar-refractivity contribution is 6.64. The minimum absolute atomic E-state index is 0.129. The van der Waals surface area contributed by atoms with E-state index in [2.05, 4.69) is 4.98 Å². The van der Waals surface area contributed by atoms with Crippen molar-refractivity contribution in [3.8, 4) is 11.5 Å². The van der Waals surface area contributed by atoms with Crippen LogP contribution in [0.4, 0.5) is 5.69 Å². The van der Waals surface area contributed by atoms with Crippen molar-refractivity contribution in [2.45, 2.75) is 6.42 Å². The van der Waals surface area contributed by atoms with Crippen LogP contribution in [0.5, 0.6) is 0 Å². The number of anilines is 1. The molecule has 0 bridgehead atoms. The Balaban J connectivity index is 1.71. The molecule has 2 aromatic carbocycles. The third kappa shape index (κ3) is 2.90. The van der Waals surface area contributed by atoms with E-state index in [4.69, 9.17) is 27.6 Å². The van der Waals surface area contributed by atoms with Crippen molar-refractivity contribution in [2.75, 3.05) is 11.4 Å². The second kappa shape index (κ2) is 6.17. The summed E-state index contributed by atoms with van der Waals surface area (Å²) in [4.78, 5) is 29.5. The summed E-state index contributed by atoms with van der Waals surface area (Å²) >= 11 is 11.7. The molecule has 2 heterocycles. The topological polar surface area (TPSA) is 63.4 Å². The second-order valence-corrected chi connectivity index (χ2v) is 6.64. The monoisotopic (exact) mass is 374 g/mol. The first-order chi connectivity index (χ1) is 12.0. The number of carbonyl (C=O) groups excluding carboxylic acids is 2. The molecule has 1 aromatic heterocycles. The molecule has 126 valence electrons. The third-order valence-corrected chi connectivity index (χ3v) is 4.87. The van der Waals surface area contributed by atoms with Gasteiger partial charge in [-0.15, -0.1) is 0 Å².